The molecule has 4 nitrogen and oxygen atoms in total. The number of benzene rings is 3. The number of phenols is 1. The topological polar surface area (TPSA) is 50.9 Å². The molecule has 3 aromatic carbocycles. The molecular formula is C36H35N3O. The van der Waals surface area contributed by atoms with Crippen LogP contribution in [0.15, 0.2) is 97.2 Å². The highest BCUT2D eigenvalue weighted by Gasteiger charge is 2.26. The Labute approximate surface area is 236 Å². The number of hydrogen-bond acceptors (Lipinski definition) is 3. The van der Waals surface area contributed by atoms with E-state index >= 15 is 0 Å². The van der Waals surface area contributed by atoms with E-state index in [1.54, 1.807) is 0 Å². The lowest BCUT2D eigenvalue weighted by Gasteiger charge is -2.27. The van der Waals surface area contributed by atoms with Gasteiger partial charge in [-0.2, -0.15) is 0 Å². The number of aromatic nitrogens is 3. The van der Waals surface area contributed by atoms with Gasteiger partial charge in [0, 0.05) is 33.7 Å². The highest BCUT2D eigenvalue weighted by atomic mass is 16.3. The van der Waals surface area contributed by atoms with E-state index in [1.165, 1.54) is 10.9 Å². The third-order valence-electron chi connectivity index (χ3n) is 7.66. The molecule has 0 fully saturated rings. The van der Waals surface area contributed by atoms with Crippen LogP contribution in [-0.4, -0.2) is 19.6 Å². The SMILES string of the molecule is CC(C)(C)c1cc(-c2cccc(-n3c4ccccc4c4ccc(-c5ccccn5)cc43)n2)c(O)c(C(C)(C)C)c1. The summed E-state index contributed by atoms with van der Waals surface area (Å²) in [5, 5.41) is 13.9. The monoisotopic (exact) mass is 525 g/mol. The maximum atomic E-state index is 11.5. The molecule has 0 saturated carbocycles. The second kappa shape index (κ2) is 9.34. The molecule has 0 radical (unpaired) electrons. The molecule has 4 heteroatoms. The predicted molar refractivity (Wildman–Crippen MR) is 166 cm³/mol. The van der Waals surface area contributed by atoms with Crippen LogP contribution in [0.25, 0.3) is 50.1 Å². The van der Waals surface area contributed by atoms with Gasteiger partial charge in [0.05, 0.1) is 22.4 Å². The molecule has 200 valence electrons. The maximum absolute atomic E-state index is 11.5. The smallest absolute Gasteiger partial charge is 0.138 e. The van der Waals surface area contributed by atoms with Gasteiger partial charge in [0.2, 0.25) is 0 Å². The van der Waals surface area contributed by atoms with Crippen LogP contribution in [0.3, 0.4) is 0 Å². The standard InChI is InChI=1S/C36H35N3O/c1-35(2,3)24-21-27(34(40)28(22-24)36(4,5)6)30-14-11-16-33(38-30)39-31-15-8-7-12-25(31)26-18-17-23(20-32(26)39)29-13-9-10-19-37-29/h7-22,40H,1-6H3. The van der Waals surface area contributed by atoms with Crippen molar-refractivity contribution >= 4 is 21.8 Å². The molecule has 0 saturated heterocycles. The highest BCUT2D eigenvalue weighted by Crippen LogP contribution is 2.42. The van der Waals surface area contributed by atoms with Crippen molar-refractivity contribution in [2.45, 2.75) is 52.4 Å². The third kappa shape index (κ3) is 4.44. The molecule has 0 aliphatic rings. The zero-order valence-electron chi connectivity index (χ0n) is 24.0. The zero-order chi connectivity index (χ0) is 28.2. The van der Waals surface area contributed by atoms with Crippen molar-refractivity contribution in [2.24, 2.45) is 0 Å². The first-order valence-electron chi connectivity index (χ1n) is 13.8. The van der Waals surface area contributed by atoms with Crippen LogP contribution in [0.4, 0.5) is 0 Å². The maximum Gasteiger partial charge on any atom is 0.138 e. The van der Waals surface area contributed by atoms with E-state index in [1.807, 2.05) is 42.6 Å². The minimum atomic E-state index is -0.216. The average molecular weight is 526 g/mol. The summed E-state index contributed by atoms with van der Waals surface area (Å²) in [7, 11) is 0. The Balaban J connectivity index is 1.60. The zero-order valence-corrected chi connectivity index (χ0v) is 24.0. The molecule has 0 atom stereocenters. The van der Waals surface area contributed by atoms with E-state index in [2.05, 4.69) is 106 Å². The lowest BCUT2D eigenvalue weighted by molar-refractivity contribution is 0.446. The minimum absolute atomic E-state index is 0.0746. The highest BCUT2D eigenvalue weighted by molar-refractivity contribution is 6.10. The number of para-hydroxylation sites is 1. The van der Waals surface area contributed by atoms with E-state index < -0.39 is 0 Å². The molecule has 3 aromatic heterocycles. The van der Waals surface area contributed by atoms with Crippen molar-refractivity contribution in [3.63, 3.8) is 0 Å². The Morgan fingerprint density at radius 2 is 1.38 bits per heavy atom. The van der Waals surface area contributed by atoms with E-state index in [0.29, 0.717) is 5.75 Å². The van der Waals surface area contributed by atoms with Gasteiger partial charge in [-0.15, -0.1) is 0 Å². The molecule has 0 spiro atoms. The second-order valence-corrected chi connectivity index (χ2v) is 12.6. The molecule has 0 aliphatic heterocycles. The number of pyridine rings is 2. The molecule has 6 rings (SSSR count). The Hall–Kier alpha value is -4.44. The number of nitrogens with zero attached hydrogens (tertiary/aromatic N) is 3. The first-order chi connectivity index (χ1) is 19.0. The first kappa shape index (κ1) is 25.8. The lowest BCUT2D eigenvalue weighted by Crippen LogP contribution is -2.17. The molecule has 0 aliphatic carbocycles. The Morgan fingerprint density at radius 1 is 0.650 bits per heavy atom. The summed E-state index contributed by atoms with van der Waals surface area (Å²) in [5.41, 5.74) is 7.46. The summed E-state index contributed by atoms with van der Waals surface area (Å²) < 4.78 is 2.22. The van der Waals surface area contributed by atoms with E-state index in [0.717, 1.165) is 50.3 Å². The lowest BCUT2D eigenvalue weighted by atomic mass is 9.78. The van der Waals surface area contributed by atoms with Gasteiger partial charge in [-0.1, -0.05) is 90.1 Å². The van der Waals surface area contributed by atoms with Crippen molar-refractivity contribution in [1.82, 2.24) is 14.5 Å². The number of phenolic OH excluding ortho intramolecular Hbond substituents is 1. The van der Waals surface area contributed by atoms with Crippen LogP contribution in [-0.2, 0) is 10.8 Å². The summed E-state index contributed by atoms with van der Waals surface area (Å²) in [6, 6.07) is 31.2. The van der Waals surface area contributed by atoms with E-state index in [4.69, 9.17) is 4.98 Å². The van der Waals surface area contributed by atoms with Crippen molar-refractivity contribution in [1.29, 1.82) is 0 Å². The molecule has 3 heterocycles. The van der Waals surface area contributed by atoms with Crippen LogP contribution in [0.1, 0.15) is 52.7 Å². The number of aromatic hydroxyl groups is 1. The minimum Gasteiger partial charge on any atom is -0.507 e. The molecular weight excluding hydrogens is 490 g/mol. The molecule has 40 heavy (non-hydrogen) atoms. The van der Waals surface area contributed by atoms with E-state index in [-0.39, 0.29) is 10.8 Å². The fourth-order valence-corrected chi connectivity index (χ4v) is 5.44. The fraction of sp³-hybridized carbons (Fsp3) is 0.222. The van der Waals surface area contributed by atoms with Gasteiger partial charge >= 0.3 is 0 Å². The normalized spacial score (nSPS) is 12.3. The fourth-order valence-electron chi connectivity index (χ4n) is 5.44. The molecule has 0 amide bonds. The van der Waals surface area contributed by atoms with Crippen LogP contribution >= 0.6 is 0 Å². The van der Waals surface area contributed by atoms with Crippen LogP contribution in [0, 0.1) is 0 Å². The summed E-state index contributed by atoms with van der Waals surface area (Å²) >= 11 is 0. The third-order valence-corrected chi connectivity index (χ3v) is 7.66. The average Bonchev–Trinajstić information content (AvgIpc) is 3.26. The van der Waals surface area contributed by atoms with Crippen LogP contribution < -0.4 is 0 Å². The number of hydrogen-bond donors (Lipinski definition) is 1. The Morgan fingerprint density at radius 3 is 2.10 bits per heavy atom. The Bertz CT molecular complexity index is 1870. The summed E-state index contributed by atoms with van der Waals surface area (Å²) in [5.74, 6) is 1.10. The quantitative estimate of drug-likeness (QED) is 0.250. The number of rotatable bonds is 3. The first-order valence-corrected chi connectivity index (χ1v) is 13.8. The van der Waals surface area contributed by atoms with Crippen LogP contribution in [0.2, 0.25) is 0 Å². The largest absolute Gasteiger partial charge is 0.507 e. The van der Waals surface area contributed by atoms with Crippen molar-refractivity contribution < 1.29 is 5.11 Å². The second-order valence-electron chi connectivity index (χ2n) is 12.6. The number of fused-ring (bicyclic) bond motifs is 3. The Kier molecular flexibility index (Phi) is 6.03. The summed E-state index contributed by atoms with van der Waals surface area (Å²) in [6.45, 7) is 13.0. The van der Waals surface area contributed by atoms with Gasteiger partial charge in [-0.25, -0.2) is 4.98 Å². The van der Waals surface area contributed by atoms with Gasteiger partial charge in [-0.3, -0.25) is 9.55 Å². The van der Waals surface area contributed by atoms with Crippen molar-refractivity contribution in [3.05, 3.63) is 108 Å². The molecule has 0 unspecified atom stereocenters. The van der Waals surface area contributed by atoms with Gasteiger partial charge < -0.3 is 5.11 Å². The summed E-state index contributed by atoms with van der Waals surface area (Å²) in [4.78, 5) is 9.76. The molecule has 6 aromatic rings. The molecule has 1 N–H and O–H groups in total. The van der Waals surface area contributed by atoms with Crippen LogP contribution in [0.5, 0.6) is 5.75 Å². The van der Waals surface area contributed by atoms with E-state index in [9.17, 15) is 5.11 Å². The van der Waals surface area contributed by atoms with Gasteiger partial charge in [-0.05, 0) is 58.9 Å². The van der Waals surface area contributed by atoms with Crippen molar-refractivity contribution in [2.75, 3.05) is 0 Å². The summed E-state index contributed by atoms with van der Waals surface area (Å²) in [6.07, 6.45) is 1.82. The van der Waals surface area contributed by atoms with Gasteiger partial charge in [0.25, 0.3) is 0 Å². The molecule has 0 bridgehead atoms. The van der Waals surface area contributed by atoms with Crippen molar-refractivity contribution in [3.8, 4) is 34.1 Å². The predicted octanol–water partition coefficient (Wildman–Crippen LogP) is 9.21. The van der Waals surface area contributed by atoms with Gasteiger partial charge in [0.15, 0.2) is 0 Å². The van der Waals surface area contributed by atoms with Gasteiger partial charge in [0.1, 0.15) is 11.6 Å².